The van der Waals surface area contributed by atoms with E-state index >= 15 is 0 Å². The van der Waals surface area contributed by atoms with Crippen molar-refractivity contribution in [2.45, 2.75) is 26.4 Å². The van der Waals surface area contributed by atoms with Crippen molar-refractivity contribution in [1.29, 1.82) is 0 Å². The minimum Gasteiger partial charge on any atom is -0.462 e. The van der Waals surface area contributed by atoms with Crippen molar-refractivity contribution in [2.75, 3.05) is 0 Å². The topological polar surface area (TPSA) is 52.1 Å². The van der Waals surface area contributed by atoms with E-state index in [-0.39, 0.29) is 5.60 Å². The van der Waals surface area contributed by atoms with Crippen LogP contribution in [0.25, 0.3) is 11.3 Å². The maximum Gasteiger partial charge on any atom is 0.293 e. The fourth-order valence-electron chi connectivity index (χ4n) is 0.599. The van der Waals surface area contributed by atoms with E-state index in [0.29, 0.717) is 6.47 Å². The van der Waals surface area contributed by atoms with Crippen LogP contribution < -0.4 is 0 Å². The van der Waals surface area contributed by atoms with Crippen LogP contribution in [0.3, 0.4) is 0 Å². The van der Waals surface area contributed by atoms with Gasteiger partial charge in [-0.25, -0.2) is 0 Å². The smallest absolute Gasteiger partial charge is 0.293 e. The van der Waals surface area contributed by atoms with E-state index < -0.39 is 0 Å². The lowest BCUT2D eigenvalue weighted by Crippen LogP contribution is -2.17. The molecule has 0 saturated carbocycles. The number of carbonyl (C=O) groups excluding carboxylic acids is 1. The van der Waals surface area contributed by atoms with Gasteiger partial charge < -0.3 is 4.74 Å². The largest absolute Gasteiger partial charge is 0.462 e. The van der Waals surface area contributed by atoms with E-state index in [4.69, 9.17) is 0 Å². The molecule has 4 heteroatoms. The molecule has 0 aromatic heterocycles. The summed E-state index contributed by atoms with van der Waals surface area (Å²) < 4.78 is 4.55. The third kappa shape index (κ3) is 3.64. The second-order valence-corrected chi connectivity index (χ2v) is 3.66. The highest BCUT2D eigenvalue weighted by Crippen LogP contribution is 2.27. The molecule has 1 aliphatic carbocycles. The molecule has 0 N–H and O–H groups in total. The number of fused-ring (bicyclic) bond motifs is 1. The van der Waals surface area contributed by atoms with Gasteiger partial charge in [-0.05, 0) is 26.8 Å². The first kappa shape index (κ1) is 9.64. The zero-order valence-electron chi connectivity index (χ0n) is 7.94. The van der Waals surface area contributed by atoms with Crippen LogP contribution in [0.5, 0.6) is 0 Å². The minimum atomic E-state index is -0.318. The van der Waals surface area contributed by atoms with Gasteiger partial charge in [0.2, 0.25) is 0 Å². The zero-order valence-corrected chi connectivity index (χ0v) is 7.94. The molecule has 0 fully saturated rings. The number of ether oxygens (including phenoxy) is 1. The summed E-state index contributed by atoms with van der Waals surface area (Å²) in [7, 11) is 0. The van der Waals surface area contributed by atoms with E-state index in [0.717, 1.165) is 5.69 Å². The summed E-state index contributed by atoms with van der Waals surface area (Å²) >= 11 is 0. The number of aromatic nitrogens is 2. The maximum atomic E-state index is 9.60. The molecule has 0 radical (unpaired) electrons. The average molecular weight is 180 g/mol. The molecule has 0 spiro atoms. The fraction of sp³-hybridized carbons (Fsp3) is 0.444. The molecule has 0 atom stereocenters. The van der Waals surface area contributed by atoms with Gasteiger partial charge >= 0.3 is 0 Å². The number of hydrogen-bond donors (Lipinski definition) is 0. The molecule has 0 aromatic carbocycles. The third-order valence-electron chi connectivity index (χ3n) is 1.27. The van der Waals surface area contributed by atoms with Crippen LogP contribution in [-0.2, 0) is 9.53 Å². The molecule has 13 heavy (non-hydrogen) atoms. The Bertz CT molecular complexity index is 287. The first-order valence-electron chi connectivity index (χ1n) is 3.97. The summed E-state index contributed by atoms with van der Waals surface area (Å²) in [4.78, 5) is 9.60. The first-order valence-corrected chi connectivity index (χ1v) is 3.97. The number of carbonyl (C=O) groups is 1. The van der Waals surface area contributed by atoms with Crippen LogP contribution in [0.15, 0.2) is 12.3 Å². The highest BCUT2D eigenvalue weighted by atomic mass is 16.5. The van der Waals surface area contributed by atoms with Crippen molar-refractivity contribution < 1.29 is 9.53 Å². The second-order valence-electron chi connectivity index (χ2n) is 3.66. The molecule has 2 aliphatic rings. The average Bonchev–Trinajstić information content (AvgIpc) is 2.58. The lowest BCUT2D eigenvalue weighted by Gasteiger charge is -2.14. The van der Waals surface area contributed by atoms with Crippen LogP contribution in [0.4, 0.5) is 0 Å². The Hall–Kier alpha value is -1.45. The highest BCUT2D eigenvalue weighted by molar-refractivity contribution is 5.74. The van der Waals surface area contributed by atoms with Crippen LogP contribution in [-0.4, -0.2) is 22.3 Å². The monoisotopic (exact) mass is 180 g/mol. The van der Waals surface area contributed by atoms with Crippen LogP contribution >= 0.6 is 0 Å². The van der Waals surface area contributed by atoms with Crippen LogP contribution in [0, 0.1) is 0 Å². The van der Waals surface area contributed by atoms with Gasteiger partial charge in [0.05, 0.1) is 11.9 Å². The van der Waals surface area contributed by atoms with Gasteiger partial charge in [-0.2, -0.15) is 10.2 Å². The van der Waals surface area contributed by atoms with Crippen molar-refractivity contribution in [3.05, 3.63) is 12.3 Å². The van der Waals surface area contributed by atoms with Crippen LogP contribution in [0.1, 0.15) is 20.8 Å². The highest BCUT2D eigenvalue weighted by Gasteiger charge is 2.11. The van der Waals surface area contributed by atoms with Gasteiger partial charge in [0.1, 0.15) is 5.60 Å². The molecule has 0 aromatic rings. The Kier molecular flexibility index (Phi) is 2.60. The van der Waals surface area contributed by atoms with Crippen molar-refractivity contribution in [2.24, 2.45) is 0 Å². The predicted molar refractivity (Wildman–Crippen MR) is 47.9 cm³/mol. The fourth-order valence-corrected chi connectivity index (χ4v) is 0.599. The summed E-state index contributed by atoms with van der Waals surface area (Å²) in [5, 5.41) is 7.31. The van der Waals surface area contributed by atoms with Gasteiger partial charge in [-0.15, -0.1) is 0 Å². The molecule has 0 unspecified atom stereocenters. The van der Waals surface area contributed by atoms with Gasteiger partial charge in [0.15, 0.2) is 0 Å². The van der Waals surface area contributed by atoms with E-state index in [9.17, 15) is 4.79 Å². The van der Waals surface area contributed by atoms with Crippen molar-refractivity contribution in [1.82, 2.24) is 10.2 Å². The molecule has 4 nitrogen and oxygen atoms in total. The summed E-state index contributed by atoms with van der Waals surface area (Å²) in [6.45, 7) is 5.92. The Morgan fingerprint density at radius 1 is 1.46 bits per heavy atom. The lowest BCUT2D eigenvalue weighted by molar-refractivity contribution is -0.138. The van der Waals surface area contributed by atoms with Gasteiger partial charge in [-0.1, -0.05) is 0 Å². The van der Waals surface area contributed by atoms with Gasteiger partial charge in [0, 0.05) is 5.56 Å². The number of rotatable bonds is 1. The van der Waals surface area contributed by atoms with Crippen molar-refractivity contribution in [3.8, 4) is 11.3 Å². The van der Waals surface area contributed by atoms with E-state index in [1.807, 2.05) is 26.8 Å². The van der Waals surface area contributed by atoms with Gasteiger partial charge in [-0.3, -0.25) is 4.79 Å². The summed E-state index contributed by atoms with van der Waals surface area (Å²) in [6.07, 6.45) is 1.76. The molecule has 70 valence electrons. The molecule has 0 amide bonds. The standard InChI is InChI=1S/C5H10O2.C4H2N2/c1-5(2,3)7-4-6;1-3-2-5-6-4(1)3/h4H,1-3H3;1-2H. The van der Waals surface area contributed by atoms with E-state index in [1.54, 1.807) is 6.20 Å². The molecule has 0 bridgehead atoms. The Morgan fingerprint density at radius 3 is 2.23 bits per heavy atom. The quantitative estimate of drug-likeness (QED) is 0.623. The van der Waals surface area contributed by atoms with E-state index in [2.05, 4.69) is 14.9 Å². The molecule has 2 rings (SSSR count). The third-order valence-corrected chi connectivity index (χ3v) is 1.27. The Morgan fingerprint density at radius 2 is 2.15 bits per heavy atom. The van der Waals surface area contributed by atoms with Crippen LogP contribution in [0.2, 0.25) is 0 Å². The zero-order chi connectivity index (χ0) is 9.90. The summed E-state index contributed by atoms with van der Waals surface area (Å²) in [6, 6.07) is 1.99. The summed E-state index contributed by atoms with van der Waals surface area (Å²) in [5.41, 5.74) is 1.95. The predicted octanol–water partition coefficient (Wildman–Crippen LogP) is 1.41. The molecule has 0 saturated heterocycles. The second kappa shape index (κ2) is 3.51. The lowest BCUT2D eigenvalue weighted by atomic mass is 10.2. The van der Waals surface area contributed by atoms with Crippen molar-refractivity contribution >= 4 is 6.47 Å². The SMILES string of the molecule is CC(C)(C)OC=O.c1nnc2cc1-2. The minimum absolute atomic E-state index is 0.318. The molecular weight excluding hydrogens is 168 g/mol. The molecular formula is C9H12N2O2. The molecule has 1 aliphatic heterocycles. The maximum absolute atomic E-state index is 9.60. The molecule has 1 heterocycles. The van der Waals surface area contributed by atoms with E-state index in [1.165, 1.54) is 5.56 Å². The Balaban J connectivity index is 0.000000130. The normalized spacial score (nSPS) is 11.0. The van der Waals surface area contributed by atoms with Crippen molar-refractivity contribution in [3.63, 3.8) is 0 Å². The number of nitrogens with zero attached hydrogens (tertiary/aromatic N) is 2. The van der Waals surface area contributed by atoms with Gasteiger partial charge in [0.25, 0.3) is 6.47 Å². The summed E-state index contributed by atoms with van der Waals surface area (Å²) in [5.74, 6) is 0. The number of hydrogen-bond acceptors (Lipinski definition) is 4. The first-order chi connectivity index (χ1) is 6.03. The Labute approximate surface area is 76.9 Å².